The summed E-state index contributed by atoms with van der Waals surface area (Å²) in [4.78, 5) is 73.3. The van der Waals surface area contributed by atoms with Crippen molar-refractivity contribution in [1.29, 1.82) is 0 Å². The molecule has 0 aromatic rings. The molecule has 0 amide bonds. The van der Waals surface area contributed by atoms with E-state index in [9.17, 15) is 55.1 Å². The highest BCUT2D eigenvalue weighted by molar-refractivity contribution is 5.88. The highest BCUT2D eigenvalue weighted by Crippen LogP contribution is 2.39. The summed E-state index contributed by atoms with van der Waals surface area (Å²) in [6, 6.07) is 0. The van der Waals surface area contributed by atoms with Gasteiger partial charge in [-0.05, 0) is 74.7 Å². The highest BCUT2D eigenvalue weighted by Gasteiger charge is 2.46. The Balaban J connectivity index is 0. The van der Waals surface area contributed by atoms with Crippen LogP contribution < -0.4 is 0 Å². The maximum Gasteiger partial charge on any atom is 0.422 e. The van der Waals surface area contributed by atoms with Crippen LogP contribution in [-0.4, -0.2) is 87.8 Å². The first kappa shape index (κ1) is 52.7. The van der Waals surface area contributed by atoms with Gasteiger partial charge in [0.25, 0.3) is 0 Å². The fourth-order valence-electron chi connectivity index (χ4n) is 3.89. The van der Waals surface area contributed by atoms with Crippen LogP contribution in [0, 0.1) is 21.7 Å². The summed E-state index contributed by atoms with van der Waals surface area (Å²) < 4.78 is 102. The average Bonchev–Trinajstić information content (AvgIpc) is 3.07. The minimum Gasteiger partial charge on any atom is -0.464 e. The second-order valence-corrected chi connectivity index (χ2v) is 14.7. The van der Waals surface area contributed by atoms with E-state index in [2.05, 4.69) is 29.2 Å². The number of ether oxygens (including phenoxy) is 6. The van der Waals surface area contributed by atoms with Gasteiger partial charge >= 0.3 is 48.2 Å². The summed E-state index contributed by atoms with van der Waals surface area (Å²) in [5.74, 6) is -5.30. The minimum atomic E-state index is -4.73. The Hall–Kier alpha value is -4.38. The van der Waals surface area contributed by atoms with Crippen LogP contribution in [0.25, 0.3) is 0 Å². The molecule has 12 nitrogen and oxygen atoms in total. The van der Waals surface area contributed by atoms with E-state index in [0.29, 0.717) is 6.42 Å². The second-order valence-electron chi connectivity index (χ2n) is 14.7. The topological polar surface area (TPSA) is 158 Å². The number of hydrogen-bond acceptors (Lipinski definition) is 12. The zero-order valence-corrected chi connectivity index (χ0v) is 33.2. The van der Waals surface area contributed by atoms with E-state index in [1.165, 1.54) is 41.5 Å². The van der Waals surface area contributed by atoms with Crippen molar-refractivity contribution in [3.05, 3.63) is 36.5 Å². The lowest BCUT2D eigenvalue weighted by atomic mass is 9.72. The van der Waals surface area contributed by atoms with E-state index in [1.54, 1.807) is 27.7 Å². The van der Waals surface area contributed by atoms with E-state index in [-0.39, 0.29) is 29.6 Å². The Labute approximate surface area is 317 Å². The molecule has 0 bridgehead atoms. The van der Waals surface area contributed by atoms with Gasteiger partial charge in [0.2, 0.25) is 0 Å². The predicted molar refractivity (Wildman–Crippen MR) is 186 cm³/mol. The lowest BCUT2D eigenvalue weighted by molar-refractivity contribution is -0.195. The van der Waals surface area contributed by atoms with Crippen LogP contribution in [-0.2, 0) is 57.2 Å². The largest absolute Gasteiger partial charge is 0.464 e. The van der Waals surface area contributed by atoms with Crippen molar-refractivity contribution < 1.29 is 83.5 Å². The standard InChI is InChI=1S/C29H41F3O10.C8H13F3O2/c1-11-27(10,25(37)42-17-29(30,31)32)12-26(8,9)24(36)41-16-28(13-38-21(33)18(2)3,14-39-22(34)19(4)5)15-40-23(35)20(6)7;1-4-7(2,3)6(12)13-5-8(9,10)11/h2,4,6,11-17H2,1,3,5,7-10H3;4-5H2,1-3H3. The summed E-state index contributed by atoms with van der Waals surface area (Å²) >= 11 is 0. The molecular weight excluding hydrogens is 750 g/mol. The van der Waals surface area contributed by atoms with Crippen LogP contribution in [0.1, 0.15) is 88.5 Å². The molecule has 0 fully saturated rings. The summed E-state index contributed by atoms with van der Waals surface area (Å²) in [6.45, 7) is 19.7. The van der Waals surface area contributed by atoms with Crippen molar-refractivity contribution >= 4 is 35.8 Å². The summed E-state index contributed by atoms with van der Waals surface area (Å²) in [6.07, 6.45) is -8.92. The van der Waals surface area contributed by atoms with Crippen molar-refractivity contribution in [2.45, 2.75) is 101 Å². The van der Waals surface area contributed by atoms with E-state index < -0.39 is 109 Å². The van der Waals surface area contributed by atoms with Crippen LogP contribution in [0.3, 0.4) is 0 Å². The second kappa shape index (κ2) is 21.6. The number of alkyl halides is 6. The van der Waals surface area contributed by atoms with Crippen molar-refractivity contribution in [1.82, 2.24) is 0 Å². The first-order valence-corrected chi connectivity index (χ1v) is 16.8. The van der Waals surface area contributed by atoms with Crippen molar-refractivity contribution in [2.24, 2.45) is 21.7 Å². The third kappa shape index (κ3) is 20.8. The quantitative estimate of drug-likeness (QED) is 0.0523. The fraction of sp³-hybridized carbons (Fsp3) is 0.676. The first-order valence-electron chi connectivity index (χ1n) is 16.8. The van der Waals surface area contributed by atoms with Crippen molar-refractivity contribution in [3.63, 3.8) is 0 Å². The number of hydrogen-bond donors (Lipinski definition) is 0. The first-order chi connectivity index (χ1) is 24.7. The van der Waals surface area contributed by atoms with Crippen molar-refractivity contribution in [2.75, 3.05) is 39.6 Å². The lowest BCUT2D eigenvalue weighted by Gasteiger charge is -2.36. The van der Waals surface area contributed by atoms with Gasteiger partial charge in [-0.2, -0.15) is 26.3 Å². The molecule has 55 heavy (non-hydrogen) atoms. The maximum atomic E-state index is 13.3. The Morgan fingerprint density at radius 3 is 1.04 bits per heavy atom. The third-order valence-corrected chi connectivity index (χ3v) is 7.91. The molecule has 0 spiro atoms. The molecule has 0 rings (SSSR count). The normalized spacial score (nSPS) is 13.1. The molecule has 1 atom stereocenters. The van der Waals surface area contributed by atoms with E-state index in [0.717, 1.165) is 0 Å². The molecule has 0 aliphatic carbocycles. The van der Waals surface area contributed by atoms with Crippen molar-refractivity contribution in [3.8, 4) is 0 Å². The van der Waals surface area contributed by atoms with E-state index in [1.807, 2.05) is 0 Å². The molecule has 18 heteroatoms. The molecule has 0 radical (unpaired) electrons. The van der Waals surface area contributed by atoms with Gasteiger partial charge in [0, 0.05) is 16.7 Å². The van der Waals surface area contributed by atoms with Gasteiger partial charge in [-0.25, -0.2) is 14.4 Å². The molecule has 0 aromatic heterocycles. The van der Waals surface area contributed by atoms with Gasteiger partial charge in [0.1, 0.15) is 31.8 Å². The summed E-state index contributed by atoms with van der Waals surface area (Å²) in [7, 11) is 0. The van der Waals surface area contributed by atoms with E-state index >= 15 is 0 Å². The van der Waals surface area contributed by atoms with Crippen LogP contribution in [0.15, 0.2) is 36.5 Å². The molecule has 0 saturated carbocycles. The number of carbonyl (C=O) groups is 6. The molecule has 0 saturated heterocycles. The number of rotatable bonds is 20. The zero-order valence-electron chi connectivity index (χ0n) is 33.2. The molecular formula is C37H54F6O12. The maximum absolute atomic E-state index is 13.3. The zero-order chi connectivity index (χ0) is 43.8. The van der Waals surface area contributed by atoms with Crippen LogP contribution in [0.2, 0.25) is 0 Å². The summed E-state index contributed by atoms with van der Waals surface area (Å²) in [5, 5.41) is 0. The van der Waals surface area contributed by atoms with Gasteiger partial charge in [-0.1, -0.05) is 33.6 Å². The van der Waals surface area contributed by atoms with Gasteiger partial charge in [0.05, 0.1) is 16.2 Å². The highest BCUT2D eigenvalue weighted by atomic mass is 19.4. The van der Waals surface area contributed by atoms with Gasteiger partial charge in [-0.15, -0.1) is 0 Å². The van der Waals surface area contributed by atoms with Crippen LogP contribution >= 0.6 is 0 Å². The average molecular weight is 805 g/mol. The Kier molecular flexibility index (Phi) is 20.7. The fourth-order valence-corrected chi connectivity index (χ4v) is 3.89. The van der Waals surface area contributed by atoms with Gasteiger partial charge in [-0.3, -0.25) is 14.4 Å². The Morgan fingerprint density at radius 1 is 0.455 bits per heavy atom. The van der Waals surface area contributed by atoms with Gasteiger partial charge < -0.3 is 28.4 Å². The number of halogens is 6. The molecule has 0 N–H and O–H groups in total. The Bertz CT molecular complexity index is 1340. The molecule has 0 aromatic carbocycles. The molecule has 0 aliphatic rings. The lowest BCUT2D eigenvalue weighted by Crippen LogP contribution is -2.46. The molecule has 0 aliphatic heterocycles. The monoisotopic (exact) mass is 804 g/mol. The summed E-state index contributed by atoms with van der Waals surface area (Å²) in [5.41, 5.74) is -5.25. The third-order valence-electron chi connectivity index (χ3n) is 7.91. The SMILES string of the molecule is C=C(C)C(=O)OCC(COC(=O)C(=C)C)(COC(=O)C(=C)C)COC(=O)C(C)(C)CC(C)(CC)C(=O)OCC(F)(F)F.CCC(C)(C)C(=O)OCC(F)(F)F. The van der Waals surface area contributed by atoms with Crippen LogP contribution in [0.5, 0.6) is 0 Å². The number of esters is 6. The number of carbonyl (C=O) groups excluding carboxylic acids is 6. The Morgan fingerprint density at radius 2 is 0.745 bits per heavy atom. The minimum absolute atomic E-state index is 0.0381. The van der Waals surface area contributed by atoms with Crippen LogP contribution in [0.4, 0.5) is 26.3 Å². The smallest absolute Gasteiger partial charge is 0.422 e. The molecule has 316 valence electrons. The molecule has 0 heterocycles. The molecule has 1 unspecified atom stereocenters. The van der Waals surface area contributed by atoms with E-state index in [4.69, 9.17) is 18.9 Å². The predicted octanol–water partition coefficient (Wildman–Crippen LogP) is 7.34. The van der Waals surface area contributed by atoms with Gasteiger partial charge in [0.15, 0.2) is 13.2 Å².